The van der Waals surface area contributed by atoms with Gasteiger partial charge >= 0.3 is 5.97 Å². The van der Waals surface area contributed by atoms with Crippen molar-refractivity contribution in [2.24, 2.45) is 0 Å². The van der Waals surface area contributed by atoms with Gasteiger partial charge in [0.15, 0.2) is 11.7 Å². The molecular weight excluding hydrogens is 344 g/mol. The van der Waals surface area contributed by atoms with Gasteiger partial charge in [0.25, 0.3) is 5.91 Å². The fraction of sp³-hybridized carbons (Fsp3) is 0.190. The number of esters is 1. The van der Waals surface area contributed by atoms with E-state index in [2.05, 4.69) is 10.3 Å². The van der Waals surface area contributed by atoms with E-state index in [1.165, 1.54) is 19.1 Å². The monoisotopic (exact) mass is 364 g/mol. The average Bonchev–Trinajstić information content (AvgIpc) is 3.06. The van der Waals surface area contributed by atoms with E-state index in [9.17, 15) is 9.59 Å². The van der Waals surface area contributed by atoms with Crippen LogP contribution in [0.1, 0.15) is 23.9 Å². The quantitative estimate of drug-likeness (QED) is 0.546. The number of nitrogens with zero attached hydrogens (tertiary/aromatic N) is 1. The van der Waals surface area contributed by atoms with Gasteiger partial charge in [-0.1, -0.05) is 24.3 Å². The number of hydrogen-bond donors (Lipinski definition) is 1. The molecule has 1 aromatic heterocycles. The summed E-state index contributed by atoms with van der Waals surface area (Å²) in [6.45, 7) is 5.36. The van der Waals surface area contributed by atoms with Crippen molar-refractivity contribution in [2.75, 3.05) is 5.32 Å². The van der Waals surface area contributed by atoms with Crippen LogP contribution in [0.4, 0.5) is 5.69 Å². The maximum Gasteiger partial charge on any atom is 0.331 e. The number of aryl methyl sites for hydroxylation is 2. The van der Waals surface area contributed by atoms with Gasteiger partial charge in [-0.2, -0.15) is 0 Å². The summed E-state index contributed by atoms with van der Waals surface area (Å²) in [5.74, 6) is -0.756. The molecule has 1 N–H and O–H groups in total. The number of para-hydroxylation sites is 2. The first kappa shape index (κ1) is 18.4. The minimum atomic E-state index is -0.939. The fourth-order valence-electron chi connectivity index (χ4n) is 2.47. The molecule has 0 aliphatic heterocycles. The highest BCUT2D eigenvalue weighted by Crippen LogP contribution is 2.17. The number of carbonyl (C=O) groups excluding carboxylic acids is 2. The second kappa shape index (κ2) is 7.86. The van der Waals surface area contributed by atoms with Crippen molar-refractivity contribution in [1.29, 1.82) is 0 Å². The van der Waals surface area contributed by atoms with E-state index < -0.39 is 18.0 Å². The lowest BCUT2D eigenvalue weighted by Gasteiger charge is -2.14. The molecular formula is C21H20N2O4. The van der Waals surface area contributed by atoms with Crippen molar-refractivity contribution in [3.8, 4) is 0 Å². The Morgan fingerprint density at radius 1 is 1.19 bits per heavy atom. The van der Waals surface area contributed by atoms with Gasteiger partial charge in [-0.05, 0) is 50.1 Å². The zero-order chi connectivity index (χ0) is 19.4. The van der Waals surface area contributed by atoms with E-state index in [1.54, 1.807) is 6.07 Å². The third-order valence-corrected chi connectivity index (χ3v) is 3.99. The Labute approximate surface area is 156 Å². The predicted octanol–water partition coefficient (Wildman–Crippen LogP) is 4.03. The minimum absolute atomic E-state index is 0.292. The molecule has 0 aliphatic rings. The largest absolute Gasteiger partial charge is 0.449 e. The Morgan fingerprint density at radius 3 is 2.74 bits per heavy atom. The van der Waals surface area contributed by atoms with Crippen LogP contribution in [0.15, 0.2) is 53.0 Å². The summed E-state index contributed by atoms with van der Waals surface area (Å²) in [5.41, 5.74) is 3.99. The zero-order valence-electron chi connectivity index (χ0n) is 15.4. The lowest BCUT2D eigenvalue weighted by molar-refractivity contribution is -0.148. The molecule has 0 bridgehead atoms. The molecule has 0 radical (unpaired) electrons. The first-order valence-electron chi connectivity index (χ1n) is 8.55. The van der Waals surface area contributed by atoms with Crippen molar-refractivity contribution in [1.82, 2.24) is 4.98 Å². The Balaban J connectivity index is 1.59. The normalized spacial score (nSPS) is 12.3. The van der Waals surface area contributed by atoms with Gasteiger partial charge in [0, 0.05) is 17.8 Å². The molecule has 3 rings (SSSR count). The summed E-state index contributed by atoms with van der Waals surface area (Å²) in [6, 6.07) is 13.0. The highest BCUT2D eigenvalue weighted by Gasteiger charge is 2.17. The number of nitrogens with one attached hydrogen (secondary N) is 1. The molecule has 3 aromatic rings. The number of aromatic nitrogens is 1. The number of amides is 1. The average molecular weight is 364 g/mol. The number of benzene rings is 2. The molecule has 1 atom stereocenters. The van der Waals surface area contributed by atoms with Crippen LogP contribution in [0.5, 0.6) is 0 Å². The van der Waals surface area contributed by atoms with Crippen LogP contribution in [-0.4, -0.2) is 23.0 Å². The van der Waals surface area contributed by atoms with Gasteiger partial charge in [0.1, 0.15) is 5.52 Å². The number of hydrogen-bond acceptors (Lipinski definition) is 5. The highest BCUT2D eigenvalue weighted by atomic mass is 16.5. The zero-order valence-corrected chi connectivity index (χ0v) is 15.4. The number of rotatable bonds is 5. The van der Waals surface area contributed by atoms with E-state index in [4.69, 9.17) is 9.15 Å². The van der Waals surface area contributed by atoms with Crippen LogP contribution in [0.2, 0.25) is 0 Å². The molecule has 6 heteroatoms. The molecule has 0 fully saturated rings. The number of fused-ring (bicyclic) bond motifs is 1. The SMILES string of the molecule is Cc1ccc(C)c(NC(=O)[C@@H](C)OC(=O)/C=C/c2nc3ccccc3o2)c1. The summed E-state index contributed by atoms with van der Waals surface area (Å²) in [5, 5.41) is 2.78. The van der Waals surface area contributed by atoms with Gasteiger partial charge in [-0.25, -0.2) is 9.78 Å². The third kappa shape index (κ3) is 4.61. The van der Waals surface area contributed by atoms with Crippen molar-refractivity contribution in [3.05, 3.63) is 65.6 Å². The van der Waals surface area contributed by atoms with Crippen LogP contribution in [0.25, 0.3) is 17.2 Å². The summed E-state index contributed by atoms with van der Waals surface area (Å²) >= 11 is 0. The molecule has 27 heavy (non-hydrogen) atoms. The Kier molecular flexibility index (Phi) is 5.35. The van der Waals surface area contributed by atoms with Crippen LogP contribution < -0.4 is 5.32 Å². The third-order valence-electron chi connectivity index (χ3n) is 3.99. The predicted molar refractivity (Wildman–Crippen MR) is 103 cm³/mol. The summed E-state index contributed by atoms with van der Waals surface area (Å²) in [4.78, 5) is 28.5. The van der Waals surface area contributed by atoms with Crippen molar-refractivity contribution in [3.63, 3.8) is 0 Å². The number of carbonyl (C=O) groups is 2. The molecule has 1 amide bonds. The molecule has 0 spiro atoms. The Bertz CT molecular complexity index is 987. The minimum Gasteiger partial charge on any atom is -0.449 e. The molecule has 0 saturated carbocycles. The summed E-state index contributed by atoms with van der Waals surface area (Å²) < 4.78 is 10.6. The second-order valence-corrected chi connectivity index (χ2v) is 6.24. The second-order valence-electron chi connectivity index (χ2n) is 6.24. The maximum absolute atomic E-state index is 12.3. The van der Waals surface area contributed by atoms with Crippen molar-refractivity contribution in [2.45, 2.75) is 26.9 Å². The number of oxazole rings is 1. The van der Waals surface area contributed by atoms with Gasteiger partial charge in [-0.15, -0.1) is 0 Å². The number of anilines is 1. The molecule has 1 heterocycles. The first-order chi connectivity index (χ1) is 12.9. The van der Waals surface area contributed by atoms with Crippen LogP contribution in [0.3, 0.4) is 0 Å². The molecule has 138 valence electrons. The lowest BCUT2D eigenvalue weighted by Crippen LogP contribution is -2.29. The van der Waals surface area contributed by atoms with Crippen molar-refractivity contribution < 1.29 is 18.7 Å². The first-order valence-corrected chi connectivity index (χ1v) is 8.55. The van der Waals surface area contributed by atoms with E-state index in [-0.39, 0.29) is 0 Å². The van der Waals surface area contributed by atoms with Crippen LogP contribution >= 0.6 is 0 Å². The van der Waals surface area contributed by atoms with Gasteiger partial charge in [0.05, 0.1) is 0 Å². The molecule has 6 nitrogen and oxygen atoms in total. The van der Waals surface area contributed by atoms with Gasteiger partial charge < -0.3 is 14.5 Å². The van der Waals surface area contributed by atoms with Crippen molar-refractivity contribution >= 4 is 34.7 Å². The maximum atomic E-state index is 12.3. The summed E-state index contributed by atoms with van der Waals surface area (Å²) in [6.07, 6.45) is 1.66. The standard InChI is InChI=1S/C21H20N2O4/c1-13-8-9-14(2)17(12-13)23-21(25)15(3)26-20(24)11-10-19-22-16-6-4-5-7-18(16)27-19/h4-12,15H,1-3H3,(H,23,25)/b11-10+/t15-/m1/s1. The fourth-order valence-corrected chi connectivity index (χ4v) is 2.47. The topological polar surface area (TPSA) is 81.4 Å². The molecule has 2 aromatic carbocycles. The lowest BCUT2D eigenvalue weighted by atomic mass is 10.1. The van der Waals surface area contributed by atoms with Crippen LogP contribution in [0, 0.1) is 13.8 Å². The van der Waals surface area contributed by atoms with E-state index in [0.717, 1.165) is 11.1 Å². The molecule has 0 aliphatic carbocycles. The Hall–Kier alpha value is -3.41. The van der Waals surface area contributed by atoms with Gasteiger partial charge in [-0.3, -0.25) is 4.79 Å². The summed E-state index contributed by atoms with van der Waals surface area (Å²) in [7, 11) is 0. The van der Waals surface area contributed by atoms with E-state index in [1.807, 2.05) is 50.2 Å². The smallest absolute Gasteiger partial charge is 0.331 e. The van der Waals surface area contributed by atoms with Crippen LogP contribution in [-0.2, 0) is 14.3 Å². The highest BCUT2D eigenvalue weighted by molar-refractivity contribution is 5.97. The number of ether oxygens (including phenoxy) is 1. The molecule has 0 saturated heterocycles. The Morgan fingerprint density at radius 2 is 1.96 bits per heavy atom. The van der Waals surface area contributed by atoms with E-state index >= 15 is 0 Å². The van der Waals surface area contributed by atoms with E-state index in [0.29, 0.717) is 22.7 Å². The molecule has 0 unspecified atom stereocenters. The van der Waals surface area contributed by atoms with Gasteiger partial charge in [0.2, 0.25) is 5.89 Å².